The quantitative estimate of drug-likeness (QED) is 0.586. The molecular weight excluding hydrogens is 275 g/mol. The van der Waals surface area contributed by atoms with Gasteiger partial charge in [0.25, 0.3) is 0 Å². The van der Waals surface area contributed by atoms with Crippen LogP contribution < -0.4 is 0 Å². The lowest BCUT2D eigenvalue weighted by molar-refractivity contribution is -0.138. The van der Waals surface area contributed by atoms with Crippen molar-refractivity contribution in [3.8, 4) is 0 Å². The zero-order chi connectivity index (χ0) is 14.9. The predicted molar refractivity (Wildman–Crippen MR) is 62.8 cm³/mol. The van der Waals surface area contributed by atoms with E-state index < -0.39 is 47.6 Å². The van der Waals surface area contributed by atoms with E-state index in [9.17, 15) is 27.6 Å². The lowest BCUT2D eigenvalue weighted by Crippen LogP contribution is -2.32. The third-order valence-electron chi connectivity index (χ3n) is 2.75. The number of Topliss-reactive ketones (excluding diaryl/α,β-unsaturated/α-hetero) is 3. The van der Waals surface area contributed by atoms with Crippen molar-refractivity contribution in [2.24, 2.45) is 4.99 Å². The Morgan fingerprint density at radius 3 is 2.15 bits per heavy atom. The maximum absolute atomic E-state index is 12.8. The van der Waals surface area contributed by atoms with Crippen LogP contribution in [-0.4, -0.2) is 23.1 Å². The molecule has 2 rings (SSSR count). The fraction of sp³-hybridized carbons (Fsp3) is 0.231. The molecule has 0 bridgehead atoms. The van der Waals surface area contributed by atoms with E-state index in [2.05, 4.69) is 4.99 Å². The zero-order valence-corrected chi connectivity index (χ0v) is 10.0. The summed E-state index contributed by atoms with van der Waals surface area (Å²) >= 11 is 0. The zero-order valence-electron chi connectivity index (χ0n) is 10.0. The molecule has 7 heteroatoms. The Bertz CT molecular complexity index is 632. The first-order valence-electron chi connectivity index (χ1n) is 5.62. The van der Waals surface area contributed by atoms with Gasteiger partial charge in [-0.25, -0.2) is 4.99 Å². The smallest absolute Gasteiger partial charge is 0.292 e. The third-order valence-corrected chi connectivity index (χ3v) is 2.75. The highest BCUT2D eigenvalue weighted by Gasteiger charge is 2.34. The summed E-state index contributed by atoms with van der Waals surface area (Å²) in [5, 5.41) is 0. The van der Waals surface area contributed by atoms with Crippen LogP contribution in [0.2, 0.25) is 0 Å². The molecule has 0 atom stereocenters. The average molecular weight is 283 g/mol. The van der Waals surface area contributed by atoms with Gasteiger partial charge in [0.1, 0.15) is 0 Å². The van der Waals surface area contributed by atoms with E-state index in [4.69, 9.17) is 0 Å². The van der Waals surface area contributed by atoms with Crippen molar-refractivity contribution in [2.45, 2.75) is 19.0 Å². The number of halogens is 3. The Kier molecular flexibility index (Phi) is 3.52. The fourth-order valence-corrected chi connectivity index (χ4v) is 1.75. The average Bonchev–Trinajstić information content (AvgIpc) is 2.35. The van der Waals surface area contributed by atoms with Gasteiger partial charge in [0.15, 0.2) is 5.78 Å². The molecule has 1 fully saturated rings. The van der Waals surface area contributed by atoms with Crippen molar-refractivity contribution < 1.29 is 27.6 Å². The Balaban J connectivity index is 2.43. The van der Waals surface area contributed by atoms with Crippen molar-refractivity contribution in [2.75, 3.05) is 0 Å². The summed E-state index contributed by atoms with van der Waals surface area (Å²) in [5.41, 5.74) is -1.75. The van der Waals surface area contributed by atoms with Gasteiger partial charge >= 0.3 is 6.18 Å². The van der Waals surface area contributed by atoms with E-state index >= 15 is 0 Å². The summed E-state index contributed by atoms with van der Waals surface area (Å²) in [6.45, 7) is 0. The lowest BCUT2D eigenvalue weighted by Gasteiger charge is -2.13. The number of alkyl halides is 3. The molecule has 1 aromatic carbocycles. The molecule has 104 valence electrons. The number of nitrogens with zero attached hydrogens (tertiary/aromatic N) is 1. The van der Waals surface area contributed by atoms with Crippen LogP contribution in [0.4, 0.5) is 18.9 Å². The monoisotopic (exact) mass is 283 g/mol. The standard InChI is InChI=1S/C13H8F3NO3/c14-13(15,16)7-3-1-2-4-8(7)17-9-5-11(19)12(20)6-10(9)18/h1-4H,5-6H2. The SMILES string of the molecule is O=C1CC(=O)C(=Nc2ccccc2C(F)(F)F)CC1=O. The normalized spacial score (nSPS) is 18.8. The second kappa shape index (κ2) is 4.99. The molecule has 1 saturated carbocycles. The molecule has 1 aromatic rings. The number of para-hydroxylation sites is 1. The third kappa shape index (κ3) is 2.81. The van der Waals surface area contributed by atoms with Crippen molar-refractivity contribution in [1.29, 1.82) is 0 Å². The van der Waals surface area contributed by atoms with Crippen molar-refractivity contribution in [3.63, 3.8) is 0 Å². The minimum Gasteiger partial charge on any atom is -0.292 e. The van der Waals surface area contributed by atoms with Crippen LogP contribution in [-0.2, 0) is 20.6 Å². The van der Waals surface area contributed by atoms with Gasteiger partial charge in [0, 0.05) is 0 Å². The molecule has 0 aliphatic heterocycles. The lowest BCUT2D eigenvalue weighted by atomic mass is 9.94. The summed E-state index contributed by atoms with van der Waals surface area (Å²) in [5.74, 6) is -2.36. The van der Waals surface area contributed by atoms with Gasteiger partial charge in [0.2, 0.25) is 11.6 Å². The molecule has 20 heavy (non-hydrogen) atoms. The summed E-state index contributed by atoms with van der Waals surface area (Å²) in [7, 11) is 0. The first-order chi connectivity index (χ1) is 9.29. The summed E-state index contributed by atoms with van der Waals surface area (Å²) in [4.78, 5) is 37.4. The molecule has 0 saturated heterocycles. The molecule has 4 nitrogen and oxygen atoms in total. The number of benzene rings is 1. The molecule has 0 aromatic heterocycles. The number of hydrogen-bond acceptors (Lipinski definition) is 4. The first-order valence-corrected chi connectivity index (χ1v) is 5.62. The number of aliphatic imine (C=N–C) groups is 1. The van der Waals surface area contributed by atoms with Crippen molar-refractivity contribution in [1.82, 2.24) is 0 Å². The van der Waals surface area contributed by atoms with Gasteiger partial charge in [-0.2, -0.15) is 13.2 Å². The van der Waals surface area contributed by atoms with Crippen LogP contribution in [0, 0.1) is 0 Å². The Labute approximate surface area is 111 Å². The number of hydrogen-bond donors (Lipinski definition) is 0. The summed E-state index contributed by atoms with van der Waals surface area (Å²) in [6, 6.07) is 4.47. The van der Waals surface area contributed by atoms with Gasteiger partial charge in [-0.3, -0.25) is 14.4 Å². The molecular formula is C13H8F3NO3. The predicted octanol–water partition coefficient (Wildman–Crippen LogP) is 2.28. The van der Waals surface area contributed by atoms with Crippen LogP contribution >= 0.6 is 0 Å². The van der Waals surface area contributed by atoms with Crippen molar-refractivity contribution in [3.05, 3.63) is 29.8 Å². The maximum Gasteiger partial charge on any atom is 0.418 e. The van der Waals surface area contributed by atoms with Gasteiger partial charge < -0.3 is 0 Å². The molecule has 1 aliphatic carbocycles. The van der Waals surface area contributed by atoms with E-state index in [1.54, 1.807) is 0 Å². The molecule has 0 radical (unpaired) electrons. The first kappa shape index (κ1) is 14.1. The fourth-order valence-electron chi connectivity index (χ4n) is 1.75. The number of ketones is 3. The van der Waals surface area contributed by atoms with Crippen LogP contribution in [0.25, 0.3) is 0 Å². The summed E-state index contributed by atoms with van der Waals surface area (Å²) in [6.07, 6.45) is -5.80. The van der Waals surface area contributed by atoms with Crippen LogP contribution in [0.15, 0.2) is 29.3 Å². The Morgan fingerprint density at radius 2 is 1.50 bits per heavy atom. The van der Waals surface area contributed by atoms with Crippen LogP contribution in [0.1, 0.15) is 18.4 Å². The number of carbonyl (C=O) groups excluding carboxylic acids is 3. The Morgan fingerprint density at radius 1 is 0.900 bits per heavy atom. The van der Waals surface area contributed by atoms with Gasteiger partial charge in [-0.05, 0) is 12.1 Å². The summed E-state index contributed by atoms with van der Waals surface area (Å²) < 4.78 is 38.3. The van der Waals surface area contributed by atoms with Crippen LogP contribution in [0.5, 0.6) is 0 Å². The second-order valence-electron chi connectivity index (χ2n) is 4.20. The Hall–Kier alpha value is -2.31. The highest BCUT2D eigenvalue weighted by Crippen LogP contribution is 2.36. The minimum absolute atomic E-state index is 0.314. The molecule has 0 N–H and O–H groups in total. The second-order valence-corrected chi connectivity index (χ2v) is 4.20. The minimum atomic E-state index is -4.61. The molecule has 0 spiro atoms. The maximum atomic E-state index is 12.8. The van der Waals surface area contributed by atoms with E-state index in [0.29, 0.717) is 0 Å². The molecule has 0 amide bonds. The van der Waals surface area contributed by atoms with E-state index in [1.165, 1.54) is 12.1 Å². The van der Waals surface area contributed by atoms with E-state index in [1.807, 2.05) is 0 Å². The molecule has 1 aliphatic rings. The van der Waals surface area contributed by atoms with Crippen molar-refractivity contribution >= 4 is 28.7 Å². The number of carbonyl (C=O) groups is 3. The highest BCUT2D eigenvalue weighted by atomic mass is 19.4. The van der Waals surface area contributed by atoms with E-state index in [0.717, 1.165) is 12.1 Å². The topological polar surface area (TPSA) is 63.6 Å². The molecule has 0 heterocycles. The van der Waals surface area contributed by atoms with Gasteiger partial charge in [-0.1, -0.05) is 12.1 Å². The van der Waals surface area contributed by atoms with E-state index in [-0.39, 0.29) is 5.71 Å². The molecule has 0 unspecified atom stereocenters. The largest absolute Gasteiger partial charge is 0.418 e. The highest BCUT2D eigenvalue weighted by molar-refractivity contribution is 6.59. The number of rotatable bonds is 1. The van der Waals surface area contributed by atoms with Gasteiger partial charge in [0.05, 0.1) is 29.8 Å². The van der Waals surface area contributed by atoms with Gasteiger partial charge in [-0.15, -0.1) is 0 Å². The van der Waals surface area contributed by atoms with Crippen LogP contribution in [0.3, 0.4) is 0 Å².